The average Bonchev–Trinajstić information content (AvgIpc) is 3.34. The molecule has 0 aliphatic heterocycles. The van der Waals surface area contributed by atoms with Crippen molar-refractivity contribution in [1.29, 1.82) is 0 Å². The third-order valence-electron chi connectivity index (χ3n) is 8.05. The summed E-state index contributed by atoms with van der Waals surface area (Å²) >= 11 is 5.50. The van der Waals surface area contributed by atoms with E-state index in [1.807, 2.05) is 48.5 Å². The van der Waals surface area contributed by atoms with E-state index in [1.165, 1.54) is 19.3 Å². The van der Waals surface area contributed by atoms with Crippen molar-refractivity contribution in [3.05, 3.63) is 54.7 Å². The Morgan fingerprint density at radius 1 is 1.00 bits per heavy atom. The highest BCUT2D eigenvalue weighted by Crippen LogP contribution is 2.60. The van der Waals surface area contributed by atoms with Crippen LogP contribution in [0.3, 0.4) is 0 Å². The molecule has 4 aliphatic rings. The third-order valence-corrected chi connectivity index (χ3v) is 8.26. The number of anilines is 1. The van der Waals surface area contributed by atoms with Crippen LogP contribution in [-0.2, 0) is 4.79 Å². The van der Waals surface area contributed by atoms with Crippen LogP contribution in [0.1, 0.15) is 38.5 Å². The summed E-state index contributed by atoms with van der Waals surface area (Å²) < 4.78 is 7.04. The highest BCUT2D eigenvalue weighted by atomic mass is 32.1. The van der Waals surface area contributed by atoms with Crippen molar-refractivity contribution in [3.63, 3.8) is 0 Å². The minimum atomic E-state index is -0.213. The lowest BCUT2D eigenvalue weighted by Gasteiger charge is -2.55. The lowest BCUT2D eigenvalue weighted by molar-refractivity contribution is -0.144. The van der Waals surface area contributed by atoms with Crippen LogP contribution in [0.4, 0.5) is 5.69 Å². The first-order valence-corrected chi connectivity index (χ1v) is 12.7. The second kappa shape index (κ2) is 8.75. The Morgan fingerprint density at radius 3 is 2.23 bits per heavy atom. The van der Waals surface area contributed by atoms with Crippen LogP contribution in [0.5, 0.6) is 5.75 Å². The second-order valence-electron chi connectivity index (χ2n) is 10.4. The summed E-state index contributed by atoms with van der Waals surface area (Å²) in [5.74, 6) is 3.08. The van der Waals surface area contributed by atoms with Crippen molar-refractivity contribution < 1.29 is 9.53 Å². The maximum absolute atomic E-state index is 13.3. The van der Waals surface area contributed by atoms with Crippen LogP contribution in [0, 0.1) is 23.2 Å². The number of rotatable bonds is 5. The molecule has 1 aromatic heterocycles. The van der Waals surface area contributed by atoms with Crippen LogP contribution in [0.2, 0.25) is 0 Å². The van der Waals surface area contributed by atoms with Crippen LogP contribution in [0.25, 0.3) is 16.9 Å². The van der Waals surface area contributed by atoms with Crippen LogP contribution < -0.4 is 15.4 Å². The molecular weight excluding hydrogens is 458 g/mol. The van der Waals surface area contributed by atoms with Gasteiger partial charge in [0.1, 0.15) is 5.75 Å². The normalized spacial score (nSPS) is 26.4. The molecule has 8 heteroatoms. The molecular formula is C27H29N5O2S. The molecule has 2 N–H and O–H groups in total. The van der Waals surface area contributed by atoms with E-state index < -0.39 is 0 Å². The highest BCUT2D eigenvalue weighted by molar-refractivity contribution is 7.80. The fourth-order valence-electron chi connectivity index (χ4n) is 6.86. The van der Waals surface area contributed by atoms with Gasteiger partial charge in [-0.15, -0.1) is 5.10 Å². The van der Waals surface area contributed by atoms with Gasteiger partial charge in [-0.3, -0.25) is 4.79 Å². The number of carbonyl (C=O) groups is 1. The Labute approximate surface area is 210 Å². The van der Waals surface area contributed by atoms with E-state index in [0.717, 1.165) is 65.4 Å². The fraction of sp³-hybridized carbons (Fsp3) is 0.407. The van der Waals surface area contributed by atoms with Gasteiger partial charge in [0.05, 0.1) is 30.1 Å². The smallest absolute Gasteiger partial charge is 0.232 e. The van der Waals surface area contributed by atoms with Gasteiger partial charge < -0.3 is 15.4 Å². The fourth-order valence-corrected chi connectivity index (χ4v) is 7.07. The monoisotopic (exact) mass is 487 g/mol. The van der Waals surface area contributed by atoms with Gasteiger partial charge in [-0.1, -0.05) is 5.21 Å². The zero-order chi connectivity index (χ0) is 24.0. The molecule has 4 aliphatic carbocycles. The quantitative estimate of drug-likeness (QED) is 0.495. The van der Waals surface area contributed by atoms with Crippen molar-refractivity contribution >= 4 is 28.9 Å². The molecule has 7 nitrogen and oxygen atoms in total. The number of methoxy groups -OCH3 is 1. The average molecular weight is 488 g/mol. The third kappa shape index (κ3) is 4.20. The molecule has 3 aromatic rings. The molecule has 0 atom stereocenters. The molecule has 1 amide bonds. The van der Waals surface area contributed by atoms with Crippen molar-refractivity contribution in [2.24, 2.45) is 23.2 Å². The number of hydrogen-bond donors (Lipinski definition) is 2. The number of aromatic nitrogens is 3. The van der Waals surface area contributed by atoms with Gasteiger partial charge >= 0.3 is 0 Å². The van der Waals surface area contributed by atoms with Gasteiger partial charge in [0.15, 0.2) is 5.11 Å². The Bertz CT molecular complexity index is 1220. The number of benzene rings is 2. The molecule has 180 valence electrons. The first-order chi connectivity index (χ1) is 17.0. The van der Waals surface area contributed by atoms with Crippen molar-refractivity contribution in [3.8, 4) is 22.7 Å². The van der Waals surface area contributed by atoms with E-state index >= 15 is 0 Å². The SMILES string of the molecule is COc1ccc(-c2cnnn2-c2ccc(NC(=S)NC(=O)C34CC5CC(CC(C5)C3)C4)cc2)cc1. The van der Waals surface area contributed by atoms with Crippen molar-refractivity contribution in [2.45, 2.75) is 38.5 Å². The van der Waals surface area contributed by atoms with E-state index in [-0.39, 0.29) is 11.3 Å². The number of thiocarbonyl (C=S) groups is 1. The standard InChI is InChI=1S/C27H29N5O2S/c1-34-23-8-2-20(3-9-23)24-16-28-31-32(24)22-6-4-21(5-7-22)29-26(35)30-25(33)27-13-17-10-18(14-27)12-19(11-17)15-27/h2-9,16-19H,10-15H2,1H3,(H2,29,30,33,35). The lowest BCUT2D eigenvalue weighted by Crippen LogP contribution is -2.55. The summed E-state index contributed by atoms with van der Waals surface area (Å²) in [6.45, 7) is 0. The first-order valence-electron chi connectivity index (χ1n) is 12.3. The Balaban J connectivity index is 1.12. The minimum absolute atomic E-state index is 0.109. The summed E-state index contributed by atoms with van der Waals surface area (Å²) in [6.07, 6.45) is 8.75. The predicted octanol–water partition coefficient (Wildman–Crippen LogP) is 4.97. The molecule has 35 heavy (non-hydrogen) atoms. The predicted molar refractivity (Wildman–Crippen MR) is 138 cm³/mol. The molecule has 7 rings (SSSR count). The van der Waals surface area contributed by atoms with Crippen LogP contribution in [0.15, 0.2) is 54.7 Å². The highest BCUT2D eigenvalue weighted by Gasteiger charge is 2.54. The van der Waals surface area contributed by atoms with E-state index in [1.54, 1.807) is 18.0 Å². The number of nitrogens with one attached hydrogen (secondary N) is 2. The van der Waals surface area contributed by atoms with Crippen molar-refractivity contribution in [1.82, 2.24) is 20.3 Å². The molecule has 0 saturated heterocycles. The van der Waals surface area contributed by atoms with Gasteiger partial charge in [0.25, 0.3) is 0 Å². The van der Waals surface area contributed by atoms with E-state index in [9.17, 15) is 4.79 Å². The van der Waals surface area contributed by atoms with Gasteiger partial charge in [0.2, 0.25) is 5.91 Å². The first kappa shape index (κ1) is 22.2. The summed E-state index contributed by atoms with van der Waals surface area (Å²) in [5.41, 5.74) is 3.35. The summed E-state index contributed by atoms with van der Waals surface area (Å²) in [4.78, 5) is 13.3. The molecule has 0 spiro atoms. The van der Waals surface area contributed by atoms with Gasteiger partial charge in [-0.25, -0.2) is 4.68 Å². The molecule has 4 saturated carbocycles. The molecule has 4 fully saturated rings. The number of hydrogen-bond acceptors (Lipinski definition) is 5. The Kier molecular flexibility index (Phi) is 5.56. The number of carbonyl (C=O) groups excluding carboxylic acids is 1. The maximum atomic E-state index is 13.3. The van der Waals surface area contributed by atoms with E-state index in [0.29, 0.717) is 5.11 Å². The van der Waals surface area contributed by atoms with E-state index in [2.05, 4.69) is 20.9 Å². The van der Waals surface area contributed by atoms with E-state index in [4.69, 9.17) is 17.0 Å². The minimum Gasteiger partial charge on any atom is -0.497 e. The van der Waals surface area contributed by atoms with Gasteiger partial charge in [0, 0.05) is 11.3 Å². The zero-order valence-electron chi connectivity index (χ0n) is 19.7. The summed E-state index contributed by atoms with van der Waals surface area (Å²) in [7, 11) is 1.65. The number of ether oxygens (including phenoxy) is 1. The number of nitrogens with zero attached hydrogens (tertiary/aromatic N) is 3. The van der Waals surface area contributed by atoms with Gasteiger partial charge in [-0.05, 0) is 117 Å². The summed E-state index contributed by atoms with van der Waals surface area (Å²) in [5, 5.41) is 14.9. The zero-order valence-corrected chi connectivity index (χ0v) is 20.6. The van der Waals surface area contributed by atoms with Crippen molar-refractivity contribution in [2.75, 3.05) is 12.4 Å². The number of amides is 1. The largest absolute Gasteiger partial charge is 0.497 e. The van der Waals surface area contributed by atoms with Crippen LogP contribution >= 0.6 is 12.2 Å². The molecule has 1 heterocycles. The Morgan fingerprint density at radius 2 is 1.63 bits per heavy atom. The molecule has 0 unspecified atom stereocenters. The molecule has 2 aromatic carbocycles. The summed E-state index contributed by atoms with van der Waals surface area (Å²) in [6, 6.07) is 15.6. The van der Waals surface area contributed by atoms with Gasteiger partial charge in [-0.2, -0.15) is 0 Å². The van der Waals surface area contributed by atoms with Crippen LogP contribution in [-0.4, -0.2) is 33.1 Å². The molecule has 4 bridgehead atoms. The Hall–Kier alpha value is -3.26. The molecule has 0 radical (unpaired) electrons. The maximum Gasteiger partial charge on any atom is 0.232 e. The second-order valence-corrected chi connectivity index (χ2v) is 10.8. The topological polar surface area (TPSA) is 81.1 Å². The lowest BCUT2D eigenvalue weighted by atomic mass is 9.49.